The van der Waals surface area contributed by atoms with Gasteiger partial charge in [-0.25, -0.2) is 14.0 Å². The highest BCUT2D eigenvalue weighted by Crippen LogP contribution is 2.43. The number of anilines is 2. The first-order chi connectivity index (χ1) is 20.6. The van der Waals surface area contributed by atoms with Gasteiger partial charge >= 0.3 is 18.2 Å². The average molecular weight is 614 g/mol. The second kappa shape index (κ2) is 13.3. The van der Waals surface area contributed by atoms with Crippen LogP contribution in [0, 0.1) is 11.7 Å². The maximum absolute atomic E-state index is 16.3. The number of carboxylic acid groups (broad SMARTS) is 1. The van der Waals surface area contributed by atoms with Crippen molar-refractivity contribution in [3.8, 4) is 5.75 Å². The molecule has 2 N–H and O–H groups in total. The average Bonchev–Trinajstić information content (AvgIpc) is 3.66. The van der Waals surface area contributed by atoms with E-state index in [1.807, 2.05) is 30.3 Å². The van der Waals surface area contributed by atoms with Gasteiger partial charge in [-0.2, -0.15) is 0 Å². The Morgan fingerprint density at radius 2 is 1.70 bits per heavy atom. The molecule has 0 radical (unpaired) electrons. The van der Waals surface area contributed by atoms with Gasteiger partial charge < -0.3 is 29.5 Å². The summed E-state index contributed by atoms with van der Waals surface area (Å²) in [4.78, 5) is 40.9. The molecule has 0 bridgehead atoms. The molecular formula is C33H44FN3O7. The lowest BCUT2D eigenvalue weighted by molar-refractivity contribution is -0.152. The van der Waals surface area contributed by atoms with E-state index < -0.39 is 41.2 Å². The van der Waals surface area contributed by atoms with Gasteiger partial charge in [0.2, 0.25) is 0 Å². The molecule has 0 unspecified atom stereocenters. The lowest BCUT2D eigenvalue weighted by atomic mass is 10.1. The van der Waals surface area contributed by atoms with Crippen LogP contribution in [0.4, 0.5) is 25.4 Å². The number of ether oxygens (including phenoxy) is 3. The lowest BCUT2D eigenvalue weighted by Gasteiger charge is -2.31. The number of rotatable bonds is 11. The molecular weight excluding hydrogens is 569 g/mol. The zero-order chi connectivity index (χ0) is 32.2. The highest BCUT2D eigenvalue weighted by atomic mass is 19.1. The van der Waals surface area contributed by atoms with E-state index in [0.29, 0.717) is 12.5 Å². The van der Waals surface area contributed by atoms with E-state index in [-0.39, 0.29) is 48.8 Å². The first kappa shape index (κ1) is 32.9. The Morgan fingerprint density at radius 3 is 2.30 bits per heavy atom. The van der Waals surface area contributed by atoms with Crippen molar-refractivity contribution in [1.82, 2.24) is 4.90 Å². The molecule has 2 aromatic carbocycles. The van der Waals surface area contributed by atoms with Crippen LogP contribution in [-0.4, -0.2) is 65.0 Å². The molecule has 1 saturated carbocycles. The Kier molecular flexibility index (Phi) is 9.95. The standard InChI is InChI=1S/C33H44FN3O7/c1-32(2,3)43-27(38)18-35-29-26(42-20-22-10-8-7-9-11-22)17-25-24(28(29)34)16-23(37(25)30(39)40)19-36(15-14-21-12-13-21)31(41)44-33(4,5)6/h7-11,17,21,23,35H,12-16,18-20H2,1-6H3,(H,39,40)/t23-/m1/s1. The minimum Gasteiger partial charge on any atom is -0.487 e. The van der Waals surface area contributed by atoms with Gasteiger partial charge in [0.1, 0.15) is 35.8 Å². The zero-order valence-electron chi connectivity index (χ0n) is 26.4. The van der Waals surface area contributed by atoms with Crippen molar-refractivity contribution in [2.75, 3.05) is 29.9 Å². The molecule has 0 saturated heterocycles. The molecule has 1 fully saturated rings. The smallest absolute Gasteiger partial charge is 0.412 e. The molecule has 2 aliphatic rings. The van der Waals surface area contributed by atoms with Gasteiger partial charge in [0.15, 0.2) is 5.82 Å². The second-order valence-electron chi connectivity index (χ2n) is 13.4. The van der Waals surface area contributed by atoms with Gasteiger partial charge in [-0.15, -0.1) is 0 Å². The molecule has 11 heteroatoms. The Morgan fingerprint density at radius 1 is 1.05 bits per heavy atom. The van der Waals surface area contributed by atoms with Gasteiger partial charge in [0, 0.05) is 31.1 Å². The van der Waals surface area contributed by atoms with Crippen LogP contribution in [0.25, 0.3) is 0 Å². The quantitative estimate of drug-likeness (QED) is 0.272. The fourth-order valence-corrected chi connectivity index (χ4v) is 5.13. The Balaban J connectivity index is 1.64. The van der Waals surface area contributed by atoms with Crippen LogP contribution < -0.4 is 15.0 Å². The van der Waals surface area contributed by atoms with Gasteiger partial charge in [0.25, 0.3) is 0 Å². The summed E-state index contributed by atoms with van der Waals surface area (Å²) in [5.74, 6) is -0.709. The molecule has 10 nitrogen and oxygen atoms in total. The van der Waals surface area contributed by atoms with E-state index in [4.69, 9.17) is 14.2 Å². The fraction of sp³-hybridized carbons (Fsp3) is 0.545. The summed E-state index contributed by atoms with van der Waals surface area (Å²) in [5, 5.41) is 13.1. The number of nitrogens with one attached hydrogen (secondary N) is 1. The molecule has 1 heterocycles. The van der Waals surface area contributed by atoms with Gasteiger partial charge in [-0.1, -0.05) is 43.2 Å². The predicted octanol–water partition coefficient (Wildman–Crippen LogP) is 6.60. The summed E-state index contributed by atoms with van der Waals surface area (Å²) in [6.45, 7) is 10.7. The third-order valence-corrected chi connectivity index (χ3v) is 7.23. The SMILES string of the molecule is CC(C)(C)OC(=O)CNc1c(OCc2ccccc2)cc2c(c1F)C[C@H](CN(CCC1CC1)C(=O)OC(C)(C)C)N2C(=O)O. The van der Waals surface area contributed by atoms with Crippen molar-refractivity contribution in [2.45, 2.75) is 91.1 Å². The third-order valence-electron chi connectivity index (χ3n) is 7.23. The second-order valence-corrected chi connectivity index (χ2v) is 13.4. The molecule has 2 aromatic rings. The third kappa shape index (κ3) is 9.00. The Hall–Kier alpha value is -4.02. The van der Waals surface area contributed by atoms with Crippen LogP contribution in [0.2, 0.25) is 0 Å². The molecule has 0 aromatic heterocycles. The first-order valence-corrected chi connectivity index (χ1v) is 15.1. The number of nitrogens with zero attached hydrogens (tertiary/aromatic N) is 2. The van der Waals surface area contributed by atoms with Crippen LogP contribution in [0.5, 0.6) is 5.75 Å². The largest absolute Gasteiger partial charge is 0.487 e. The van der Waals surface area contributed by atoms with Crippen molar-refractivity contribution in [2.24, 2.45) is 5.92 Å². The monoisotopic (exact) mass is 613 g/mol. The molecule has 44 heavy (non-hydrogen) atoms. The number of halogens is 1. The number of esters is 1. The van der Waals surface area contributed by atoms with E-state index >= 15 is 4.39 Å². The summed E-state index contributed by atoms with van der Waals surface area (Å²) in [6.07, 6.45) is 1.21. The van der Waals surface area contributed by atoms with Crippen LogP contribution in [-0.2, 0) is 27.3 Å². The van der Waals surface area contributed by atoms with Crippen molar-refractivity contribution >= 4 is 29.5 Å². The van der Waals surface area contributed by atoms with Crippen LogP contribution in [0.15, 0.2) is 36.4 Å². The normalized spacial score (nSPS) is 16.2. The van der Waals surface area contributed by atoms with Crippen molar-refractivity contribution < 1.29 is 38.1 Å². The predicted molar refractivity (Wildman–Crippen MR) is 165 cm³/mol. The highest BCUT2D eigenvalue weighted by molar-refractivity contribution is 5.92. The number of carbonyl (C=O) groups excluding carboxylic acids is 2. The van der Waals surface area contributed by atoms with E-state index in [0.717, 1.165) is 29.7 Å². The number of carbonyl (C=O) groups is 3. The summed E-state index contributed by atoms with van der Waals surface area (Å²) < 4.78 is 33.3. The van der Waals surface area contributed by atoms with Crippen molar-refractivity contribution in [3.63, 3.8) is 0 Å². The topological polar surface area (TPSA) is 118 Å². The lowest BCUT2D eigenvalue weighted by Crippen LogP contribution is -2.48. The zero-order valence-corrected chi connectivity index (χ0v) is 26.4. The van der Waals surface area contributed by atoms with Gasteiger partial charge in [-0.05, 0) is 59.4 Å². The number of hydrogen-bond acceptors (Lipinski definition) is 7. The van der Waals surface area contributed by atoms with Crippen molar-refractivity contribution in [3.05, 3.63) is 53.3 Å². The van der Waals surface area contributed by atoms with E-state index in [1.54, 1.807) is 41.5 Å². The summed E-state index contributed by atoms with van der Waals surface area (Å²) in [6, 6.07) is 9.98. The van der Waals surface area contributed by atoms with Gasteiger partial charge in [0.05, 0.1) is 11.7 Å². The van der Waals surface area contributed by atoms with E-state index in [1.165, 1.54) is 11.0 Å². The highest BCUT2D eigenvalue weighted by Gasteiger charge is 2.40. The molecule has 1 aliphatic carbocycles. The molecule has 4 rings (SSSR count). The molecule has 0 spiro atoms. The minimum absolute atomic E-state index is 0.0241. The van der Waals surface area contributed by atoms with Crippen LogP contribution in [0.1, 0.15) is 71.9 Å². The Labute approximate surface area is 258 Å². The summed E-state index contributed by atoms with van der Waals surface area (Å²) >= 11 is 0. The van der Waals surface area contributed by atoms with Crippen LogP contribution in [0.3, 0.4) is 0 Å². The van der Waals surface area contributed by atoms with Crippen molar-refractivity contribution in [1.29, 1.82) is 0 Å². The van der Waals surface area contributed by atoms with Gasteiger partial charge in [-0.3, -0.25) is 9.69 Å². The Bertz CT molecular complexity index is 1350. The fourth-order valence-electron chi connectivity index (χ4n) is 5.13. The summed E-state index contributed by atoms with van der Waals surface area (Å²) in [5.41, 5.74) is -0.403. The molecule has 2 amide bonds. The number of benzene rings is 2. The molecule has 1 aliphatic heterocycles. The molecule has 240 valence electrons. The number of hydrogen-bond donors (Lipinski definition) is 2. The number of amides is 2. The maximum Gasteiger partial charge on any atom is 0.412 e. The molecule has 1 atom stereocenters. The van der Waals surface area contributed by atoms with E-state index in [2.05, 4.69) is 5.32 Å². The minimum atomic E-state index is -1.28. The summed E-state index contributed by atoms with van der Waals surface area (Å²) in [7, 11) is 0. The first-order valence-electron chi connectivity index (χ1n) is 15.1. The maximum atomic E-state index is 16.3. The van der Waals surface area contributed by atoms with Crippen LogP contribution >= 0.6 is 0 Å². The van der Waals surface area contributed by atoms with E-state index in [9.17, 15) is 19.5 Å². The number of fused-ring (bicyclic) bond motifs is 1.